The molecule has 1 saturated heterocycles. The van der Waals surface area contributed by atoms with E-state index < -0.39 is 5.56 Å². The number of H-pyrrole nitrogens is 1. The van der Waals surface area contributed by atoms with Crippen molar-refractivity contribution in [3.8, 4) is 5.69 Å². The van der Waals surface area contributed by atoms with E-state index in [0.717, 1.165) is 10.7 Å². The summed E-state index contributed by atoms with van der Waals surface area (Å²) in [6.07, 6.45) is 1.54. The van der Waals surface area contributed by atoms with Crippen molar-refractivity contribution in [3.63, 3.8) is 0 Å². The summed E-state index contributed by atoms with van der Waals surface area (Å²) in [4.78, 5) is 44.6. The topological polar surface area (TPSA) is 91.3 Å². The first-order valence-corrected chi connectivity index (χ1v) is 9.96. The number of anilines is 1. The molecule has 0 saturated carbocycles. The van der Waals surface area contributed by atoms with Crippen LogP contribution in [0.4, 0.5) is 5.82 Å². The van der Waals surface area contributed by atoms with E-state index in [9.17, 15) is 14.4 Å². The Bertz CT molecular complexity index is 1220. The second kappa shape index (κ2) is 8.33. The predicted octanol–water partition coefficient (Wildman–Crippen LogP) is 2.19. The Kier molecular flexibility index (Phi) is 5.61. The maximum atomic E-state index is 13.0. The maximum absolute atomic E-state index is 13.0. The molecule has 2 aromatic heterocycles. The number of rotatable bonds is 3. The molecule has 0 radical (unpaired) electrons. The number of aromatic amines is 1. The lowest BCUT2D eigenvalue weighted by molar-refractivity contribution is 0.0746. The van der Waals surface area contributed by atoms with E-state index in [-0.39, 0.29) is 11.5 Å². The minimum Gasteiger partial charge on any atom is -0.352 e. The van der Waals surface area contributed by atoms with Gasteiger partial charge in [-0.15, -0.1) is 0 Å². The van der Waals surface area contributed by atoms with Crippen LogP contribution >= 0.6 is 23.2 Å². The molecule has 30 heavy (non-hydrogen) atoms. The molecule has 8 nitrogen and oxygen atoms in total. The first kappa shape index (κ1) is 20.2. The molecular formula is C20H17Cl2N5O3. The van der Waals surface area contributed by atoms with Gasteiger partial charge in [-0.1, -0.05) is 29.3 Å². The summed E-state index contributed by atoms with van der Waals surface area (Å²) < 4.78 is 1.12. The Morgan fingerprint density at radius 1 is 1.00 bits per heavy atom. The maximum Gasteiger partial charge on any atom is 0.269 e. The van der Waals surface area contributed by atoms with Crippen molar-refractivity contribution in [1.29, 1.82) is 0 Å². The molecule has 3 heterocycles. The summed E-state index contributed by atoms with van der Waals surface area (Å²) in [7, 11) is 0. The average Bonchev–Trinajstić information content (AvgIpc) is 2.75. The van der Waals surface area contributed by atoms with Crippen molar-refractivity contribution in [2.45, 2.75) is 0 Å². The third-order valence-corrected chi connectivity index (χ3v) is 5.31. The molecule has 154 valence electrons. The van der Waals surface area contributed by atoms with Crippen LogP contribution in [0.15, 0.2) is 58.3 Å². The first-order chi connectivity index (χ1) is 14.4. The summed E-state index contributed by atoms with van der Waals surface area (Å²) in [5, 5.41) is 3.40. The van der Waals surface area contributed by atoms with Crippen LogP contribution in [0.5, 0.6) is 0 Å². The molecule has 0 aliphatic carbocycles. The summed E-state index contributed by atoms with van der Waals surface area (Å²) >= 11 is 12.1. The Morgan fingerprint density at radius 3 is 2.50 bits per heavy atom. The number of carbonyl (C=O) groups excluding carboxylic acids is 1. The number of carbonyl (C=O) groups is 1. The van der Waals surface area contributed by atoms with Gasteiger partial charge in [0, 0.05) is 50.1 Å². The van der Waals surface area contributed by atoms with Gasteiger partial charge >= 0.3 is 0 Å². The van der Waals surface area contributed by atoms with Crippen LogP contribution in [0.1, 0.15) is 10.4 Å². The fraction of sp³-hybridized carbons (Fsp3) is 0.200. The molecular weight excluding hydrogens is 429 g/mol. The molecule has 1 aliphatic heterocycles. The van der Waals surface area contributed by atoms with Crippen LogP contribution in [0, 0.1) is 0 Å². The van der Waals surface area contributed by atoms with Crippen molar-refractivity contribution in [2.75, 3.05) is 31.1 Å². The SMILES string of the molecule is O=C(c1cccc(-n2[nH]c(=O)ccc2=O)c1)N1CCN(c2ncc(Cl)cc2Cl)CC1. The van der Waals surface area contributed by atoms with Gasteiger partial charge in [-0.2, -0.15) is 0 Å². The zero-order chi connectivity index (χ0) is 21.3. The highest BCUT2D eigenvalue weighted by atomic mass is 35.5. The van der Waals surface area contributed by atoms with E-state index in [1.165, 1.54) is 6.07 Å². The first-order valence-electron chi connectivity index (χ1n) is 9.20. The summed E-state index contributed by atoms with van der Waals surface area (Å²) in [5.41, 5.74) is 0.0524. The number of pyridine rings is 1. The van der Waals surface area contributed by atoms with Crippen molar-refractivity contribution >= 4 is 34.9 Å². The van der Waals surface area contributed by atoms with Gasteiger partial charge in [-0.05, 0) is 24.3 Å². The smallest absolute Gasteiger partial charge is 0.269 e. The Hall–Kier alpha value is -3.10. The predicted molar refractivity (Wildman–Crippen MR) is 115 cm³/mol. The van der Waals surface area contributed by atoms with Crippen LogP contribution in [-0.2, 0) is 0 Å². The molecule has 10 heteroatoms. The van der Waals surface area contributed by atoms with Gasteiger partial charge in [0.05, 0.1) is 15.7 Å². The van der Waals surface area contributed by atoms with Crippen molar-refractivity contribution in [1.82, 2.24) is 19.7 Å². The normalized spacial score (nSPS) is 14.1. The number of aromatic nitrogens is 3. The number of benzene rings is 1. The molecule has 1 aromatic carbocycles. The Morgan fingerprint density at radius 2 is 1.77 bits per heavy atom. The van der Waals surface area contributed by atoms with Gasteiger partial charge in [0.2, 0.25) is 0 Å². The zero-order valence-electron chi connectivity index (χ0n) is 15.7. The van der Waals surface area contributed by atoms with E-state index in [4.69, 9.17) is 23.2 Å². The highest BCUT2D eigenvalue weighted by Gasteiger charge is 2.24. The van der Waals surface area contributed by atoms with Crippen LogP contribution in [0.3, 0.4) is 0 Å². The fourth-order valence-corrected chi connectivity index (χ4v) is 3.84. The number of amides is 1. The molecule has 1 amide bonds. The third kappa shape index (κ3) is 4.10. The summed E-state index contributed by atoms with van der Waals surface area (Å²) in [6, 6.07) is 10.6. The molecule has 0 atom stereocenters. The standard InChI is InChI=1S/C20H17Cl2N5O3/c21-14-11-16(22)19(23-12-14)25-6-8-26(9-7-25)20(30)13-2-1-3-15(10-13)27-18(29)5-4-17(28)24-27/h1-5,10-12H,6-9H2,(H,24,28). The third-order valence-electron chi connectivity index (χ3n) is 4.83. The number of hydrogen-bond acceptors (Lipinski definition) is 5. The van der Waals surface area contributed by atoms with Crippen LogP contribution in [-0.4, -0.2) is 51.8 Å². The van der Waals surface area contributed by atoms with E-state index in [0.29, 0.717) is 53.3 Å². The van der Waals surface area contributed by atoms with Crippen LogP contribution in [0.25, 0.3) is 5.69 Å². The highest BCUT2D eigenvalue weighted by molar-refractivity contribution is 6.36. The van der Waals surface area contributed by atoms with Crippen LogP contribution < -0.4 is 16.0 Å². The minimum atomic E-state index is -0.406. The molecule has 0 unspecified atom stereocenters. The zero-order valence-corrected chi connectivity index (χ0v) is 17.2. The van der Waals surface area contributed by atoms with Gasteiger partial charge in [-0.25, -0.2) is 9.67 Å². The molecule has 1 fully saturated rings. The number of piperazine rings is 1. The minimum absolute atomic E-state index is 0.155. The fourth-order valence-electron chi connectivity index (χ4n) is 3.34. The quantitative estimate of drug-likeness (QED) is 0.666. The van der Waals surface area contributed by atoms with E-state index in [1.807, 2.05) is 4.90 Å². The lowest BCUT2D eigenvalue weighted by Gasteiger charge is -2.35. The van der Waals surface area contributed by atoms with E-state index >= 15 is 0 Å². The number of halogens is 2. The van der Waals surface area contributed by atoms with Crippen molar-refractivity contribution < 1.29 is 4.79 Å². The van der Waals surface area contributed by atoms with E-state index in [1.54, 1.807) is 41.4 Å². The summed E-state index contributed by atoms with van der Waals surface area (Å²) in [5.74, 6) is 0.487. The highest BCUT2D eigenvalue weighted by Crippen LogP contribution is 2.27. The number of hydrogen-bond donors (Lipinski definition) is 1. The second-order valence-electron chi connectivity index (χ2n) is 6.77. The average molecular weight is 446 g/mol. The lowest BCUT2D eigenvalue weighted by atomic mass is 10.1. The van der Waals surface area contributed by atoms with Gasteiger partial charge in [0.1, 0.15) is 5.82 Å². The molecule has 1 N–H and O–H groups in total. The van der Waals surface area contributed by atoms with E-state index in [2.05, 4.69) is 10.1 Å². The number of nitrogens with one attached hydrogen (secondary N) is 1. The second-order valence-corrected chi connectivity index (χ2v) is 7.62. The Labute approximate surface area is 181 Å². The van der Waals surface area contributed by atoms with Gasteiger partial charge < -0.3 is 9.80 Å². The Balaban J connectivity index is 1.50. The van der Waals surface area contributed by atoms with Crippen molar-refractivity contribution in [3.05, 3.63) is 85.0 Å². The molecule has 4 rings (SSSR count). The van der Waals surface area contributed by atoms with Gasteiger partial charge in [-0.3, -0.25) is 19.5 Å². The molecule has 1 aliphatic rings. The molecule has 0 bridgehead atoms. The lowest BCUT2D eigenvalue weighted by Crippen LogP contribution is -2.49. The van der Waals surface area contributed by atoms with Gasteiger partial charge in [0.15, 0.2) is 0 Å². The largest absolute Gasteiger partial charge is 0.352 e. The van der Waals surface area contributed by atoms with Crippen LogP contribution in [0.2, 0.25) is 10.0 Å². The molecule has 3 aromatic rings. The van der Waals surface area contributed by atoms with Gasteiger partial charge in [0.25, 0.3) is 17.0 Å². The van der Waals surface area contributed by atoms with Crippen molar-refractivity contribution in [2.24, 2.45) is 0 Å². The monoisotopic (exact) mass is 445 g/mol. The number of nitrogens with zero attached hydrogens (tertiary/aromatic N) is 4. The summed E-state index contributed by atoms with van der Waals surface area (Å²) in [6.45, 7) is 2.13. The molecule has 0 spiro atoms.